The first-order valence-corrected chi connectivity index (χ1v) is 7.48. The predicted octanol–water partition coefficient (Wildman–Crippen LogP) is 1.95. The van der Waals surface area contributed by atoms with Crippen molar-refractivity contribution in [3.63, 3.8) is 0 Å². The van der Waals surface area contributed by atoms with Gasteiger partial charge >= 0.3 is 0 Å². The molecule has 0 radical (unpaired) electrons. The number of nitrogens with one attached hydrogen (secondary N) is 1. The van der Waals surface area contributed by atoms with Crippen LogP contribution in [0.2, 0.25) is 0 Å². The molecular formula is C16H19N3O2. The van der Waals surface area contributed by atoms with Crippen molar-refractivity contribution in [2.45, 2.75) is 32.7 Å². The molecule has 0 spiro atoms. The number of rotatable bonds is 4. The molecule has 5 nitrogen and oxygen atoms in total. The van der Waals surface area contributed by atoms with Gasteiger partial charge in [0.25, 0.3) is 11.5 Å². The Kier molecular flexibility index (Phi) is 3.73. The molecule has 1 fully saturated rings. The van der Waals surface area contributed by atoms with Gasteiger partial charge in [-0.25, -0.2) is 4.68 Å². The van der Waals surface area contributed by atoms with E-state index in [1.165, 1.54) is 23.9 Å². The summed E-state index contributed by atoms with van der Waals surface area (Å²) >= 11 is 0. The van der Waals surface area contributed by atoms with Crippen LogP contribution in [0.5, 0.6) is 0 Å². The number of nitrogens with zero attached hydrogens (tertiary/aromatic N) is 2. The van der Waals surface area contributed by atoms with E-state index >= 15 is 0 Å². The van der Waals surface area contributed by atoms with Crippen molar-refractivity contribution in [1.29, 1.82) is 0 Å². The maximum absolute atomic E-state index is 12.4. The third-order valence-corrected chi connectivity index (χ3v) is 4.16. The zero-order chi connectivity index (χ0) is 14.8. The van der Waals surface area contributed by atoms with Crippen LogP contribution in [-0.4, -0.2) is 22.2 Å². The first-order valence-electron chi connectivity index (χ1n) is 7.48. The normalized spacial score (nSPS) is 14.9. The summed E-state index contributed by atoms with van der Waals surface area (Å²) in [5, 5.41) is 8.35. The fraction of sp³-hybridized carbons (Fsp3) is 0.438. The fourth-order valence-electron chi connectivity index (χ4n) is 2.63. The average Bonchev–Trinajstić information content (AvgIpc) is 2.46. The first kappa shape index (κ1) is 13.8. The first-order chi connectivity index (χ1) is 10.2. The molecular weight excluding hydrogens is 266 g/mol. The summed E-state index contributed by atoms with van der Waals surface area (Å²) in [4.78, 5) is 24.6. The van der Waals surface area contributed by atoms with Crippen LogP contribution >= 0.6 is 0 Å². The lowest BCUT2D eigenvalue weighted by atomic mass is 9.85. The molecule has 1 N–H and O–H groups in total. The Labute approximate surface area is 123 Å². The summed E-state index contributed by atoms with van der Waals surface area (Å²) in [5.41, 5.74) is 0.190. The van der Waals surface area contributed by atoms with Gasteiger partial charge < -0.3 is 5.32 Å². The van der Waals surface area contributed by atoms with Crippen molar-refractivity contribution in [2.75, 3.05) is 6.54 Å². The maximum Gasteiger partial charge on any atom is 0.274 e. The molecule has 1 heterocycles. The van der Waals surface area contributed by atoms with Gasteiger partial charge in [-0.1, -0.05) is 24.6 Å². The second kappa shape index (κ2) is 5.68. The highest BCUT2D eigenvalue weighted by atomic mass is 16.2. The van der Waals surface area contributed by atoms with Crippen molar-refractivity contribution in [3.05, 3.63) is 40.3 Å². The third kappa shape index (κ3) is 2.55. The monoisotopic (exact) mass is 285 g/mol. The van der Waals surface area contributed by atoms with Gasteiger partial charge in [0.1, 0.15) is 0 Å². The summed E-state index contributed by atoms with van der Waals surface area (Å²) in [6, 6.07) is 7.15. The van der Waals surface area contributed by atoms with Crippen LogP contribution in [0.4, 0.5) is 0 Å². The molecule has 0 atom stereocenters. The lowest BCUT2D eigenvalue weighted by Gasteiger charge is -2.25. The van der Waals surface area contributed by atoms with E-state index in [1.807, 2.05) is 13.0 Å². The Balaban J connectivity index is 1.98. The Morgan fingerprint density at radius 1 is 1.33 bits per heavy atom. The summed E-state index contributed by atoms with van der Waals surface area (Å²) in [6.07, 6.45) is 3.62. The lowest BCUT2D eigenvalue weighted by molar-refractivity contribution is 0.0933. The van der Waals surface area contributed by atoms with Crippen molar-refractivity contribution in [3.8, 4) is 0 Å². The van der Waals surface area contributed by atoms with Crippen LogP contribution in [0.1, 0.15) is 36.7 Å². The van der Waals surface area contributed by atoms with Gasteiger partial charge in [-0.2, -0.15) is 5.10 Å². The van der Waals surface area contributed by atoms with E-state index in [9.17, 15) is 9.59 Å². The van der Waals surface area contributed by atoms with Crippen LogP contribution in [0.15, 0.2) is 29.1 Å². The largest absolute Gasteiger partial charge is 0.350 e. The summed E-state index contributed by atoms with van der Waals surface area (Å²) < 4.78 is 1.35. The van der Waals surface area contributed by atoms with Gasteiger partial charge in [0, 0.05) is 18.5 Å². The van der Waals surface area contributed by atoms with Crippen molar-refractivity contribution in [1.82, 2.24) is 15.1 Å². The van der Waals surface area contributed by atoms with Gasteiger partial charge in [-0.3, -0.25) is 9.59 Å². The van der Waals surface area contributed by atoms with E-state index < -0.39 is 0 Å². The van der Waals surface area contributed by atoms with Crippen molar-refractivity contribution in [2.24, 2.45) is 5.92 Å². The molecule has 1 amide bonds. The Hall–Kier alpha value is -2.17. The standard InChI is InChI=1S/C16H19N3O2/c1-2-19-16(21)13-9-4-3-8-12(13)14(18-19)15(20)17-10-11-6-5-7-11/h3-4,8-9,11H,2,5-7,10H2,1H3,(H,17,20). The second-order valence-electron chi connectivity index (χ2n) is 5.52. The minimum absolute atomic E-state index is 0.149. The van der Waals surface area contributed by atoms with Crippen LogP contribution in [0.3, 0.4) is 0 Å². The molecule has 3 rings (SSSR count). The molecule has 0 saturated heterocycles. The quantitative estimate of drug-likeness (QED) is 0.933. The molecule has 0 bridgehead atoms. The third-order valence-electron chi connectivity index (χ3n) is 4.16. The van der Waals surface area contributed by atoms with E-state index in [4.69, 9.17) is 0 Å². The van der Waals surface area contributed by atoms with Gasteiger partial charge in [0.2, 0.25) is 0 Å². The van der Waals surface area contributed by atoms with Crippen molar-refractivity contribution >= 4 is 16.7 Å². The number of carbonyl (C=O) groups excluding carboxylic acids is 1. The highest BCUT2D eigenvalue weighted by Crippen LogP contribution is 2.25. The van der Waals surface area contributed by atoms with Gasteiger partial charge in [0.15, 0.2) is 5.69 Å². The zero-order valence-corrected chi connectivity index (χ0v) is 12.1. The summed E-state index contributed by atoms with van der Waals surface area (Å²) in [7, 11) is 0. The Bertz CT molecular complexity index is 732. The van der Waals surface area contributed by atoms with E-state index in [2.05, 4.69) is 10.4 Å². The molecule has 110 valence electrons. The van der Waals surface area contributed by atoms with Crippen LogP contribution in [0, 0.1) is 5.92 Å². The Morgan fingerprint density at radius 2 is 2.05 bits per heavy atom. The van der Waals surface area contributed by atoms with Crippen LogP contribution < -0.4 is 10.9 Å². The molecule has 0 unspecified atom stereocenters. The number of aromatic nitrogens is 2. The SMILES string of the molecule is CCn1nc(C(=O)NCC2CCC2)c2ccccc2c1=O. The second-order valence-corrected chi connectivity index (χ2v) is 5.52. The van der Waals surface area contributed by atoms with E-state index in [0.29, 0.717) is 35.5 Å². The zero-order valence-electron chi connectivity index (χ0n) is 12.1. The number of benzene rings is 1. The molecule has 5 heteroatoms. The maximum atomic E-state index is 12.4. The summed E-state index contributed by atoms with van der Waals surface area (Å²) in [6.45, 7) is 2.99. The number of aryl methyl sites for hydroxylation is 1. The van der Waals surface area contributed by atoms with Crippen LogP contribution in [-0.2, 0) is 6.54 Å². The van der Waals surface area contributed by atoms with Gasteiger partial charge in [-0.15, -0.1) is 0 Å². The lowest BCUT2D eigenvalue weighted by Crippen LogP contribution is -2.34. The van der Waals surface area contributed by atoms with E-state index in [-0.39, 0.29) is 11.5 Å². The molecule has 21 heavy (non-hydrogen) atoms. The van der Waals surface area contributed by atoms with Crippen LogP contribution in [0.25, 0.3) is 10.8 Å². The number of hydrogen-bond acceptors (Lipinski definition) is 3. The smallest absolute Gasteiger partial charge is 0.274 e. The molecule has 1 aliphatic carbocycles. The number of carbonyl (C=O) groups is 1. The molecule has 2 aromatic rings. The number of amides is 1. The predicted molar refractivity (Wildman–Crippen MR) is 81.4 cm³/mol. The van der Waals surface area contributed by atoms with Gasteiger partial charge in [-0.05, 0) is 31.7 Å². The molecule has 0 aliphatic heterocycles. The van der Waals surface area contributed by atoms with Gasteiger partial charge in [0.05, 0.1) is 5.39 Å². The van der Waals surface area contributed by atoms with Crippen molar-refractivity contribution < 1.29 is 4.79 Å². The molecule has 1 aromatic carbocycles. The fourth-order valence-corrected chi connectivity index (χ4v) is 2.63. The topological polar surface area (TPSA) is 64.0 Å². The van der Waals surface area contributed by atoms with E-state index in [0.717, 1.165) is 0 Å². The van der Waals surface area contributed by atoms with E-state index in [1.54, 1.807) is 18.2 Å². The summed E-state index contributed by atoms with van der Waals surface area (Å²) in [5.74, 6) is 0.401. The molecule has 1 aromatic heterocycles. The highest BCUT2D eigenvalue weighted by Gasteiger charge is 2.20. The minimum atomic E-state index is -0.194. The average molecular weight is 285 g/mol. The minimum Gasteiger partial charge on any atom is -0.350 e. The Morgan fingerprint density at radius 3 is 2.67 bits per heavy atom. The molecule has 1 aliphatic rings. The molecule has 1 saturated carbocycles. The highest BCUT2D eigenvalue weighted by molar-refractivity contribution is 6.04. The number of fused-ring (bicyclic) bond motifs is 1. The number of hydrogen-bond donors (Lipinski definition) is 1.